The van der Waals surface area contributed by atoms with Crippen molar-refractivity contribution in [1.82, 2.24) is 9.55 Å². The number of aryl methyl sites for hydroxylation is 2. The van der Waals surface area contributed by atoms with Gasteiger partial charge in [-0.3, -0.25) is 14.2 Å². The van der Waals surface area contributed by atoms with Gasteiger partial charge in [0.15, 0.2) is 0 Å². The van der Waals surface area contributed by atoms with E-state index in [0.717, 1.165) is 21.7 Å². The smallest absolute Gasteiger partial charge is 0.254 e. The summed E-state index contributed by atoms with van der Waals surface area (Å²) >= 11 is 1.52. The van der Waals surface area contributed by atoms with Gasteiger partial charge in [0.2, 0.25) is 5.91 Å². The molecule has 0 spiro atoms. The molecule has 122 valence electrons. The van der Waals surface area contributed by atoms with Gasteiger partial charge in [0, 0.05) is 11.8 Å². The molecule has 5 nitrogen and oxygen atoms in total. The highest BCUT2D eigenvalue weighted by atomic mass is 32.1. The van der Waals surface area contributed by atoms with Crippen LogP contribution in [0.1, 0.15) is 11.1 Å². The van der Waals surface area contributed by atoms with Gasteiger partial charge in [-0.25, -0.2) is 4.98 Å². The van der Waals surface area contributed by atoms with Crippen LogP contribution in [0.15, 0.2) is 52.9 Å². The number of hydrogen-bond donors (Lipinski definition) is 1. The maximum atomic E-state index is 12.2. The number of thiophene rings is 1. The molecule has 2 aromatic heterocycles. The molecule has 0 unspecified atom stereocenters. The molecule has 0 bridgehead atoms. The van der Waals surface area contributed by atoms with Gasteiger partial charge in [0.25, 0.3) is 5.56 Å². The number of anilines is 1. The molecular weight excluding hydrogens is 322 g/mol. The molecule has 6 heteroatoms. The summed E-state index contributed by atoms with van der Waals surface area (Å²) in [6.07, 6.45) is 1.42. The highest BCUT2D eigenvalue weighted by Crippen LogP contribution is 2.20. The van der Waals surface area contributed by atoms with E-state index >= 15 is 0 Å². The van der Waals surface area contributed by atoms with Gasteiger partial charge in [-0.05, 0) is 48.6 Å². The van der Waals surface area contributed by atoms with Gasteiger partial charge >= 0.3 is 0 Å². The fourth-order valence-electron chi connectivity index (χ4n) is 2.51. The lowest BCUT2D eigenvalue weighted by molar-refractivity contribution is -0.116. The van der Waals surface area contributed by atoms with Gasteiger partial charge < -0.3 is 5.32 Å². The Balaban J connectivity index is 1.73. The SMILES string of the molecule is Cc1cc(C)cc(NC(=O)Cn2cnc(-c3cccs3)cc2=O)c1. The average molecular weight is 339 g/mol. The molecule has 3 rings (SSSR count). The zero-order valence-corrected chi connectivity index (χ0v) is 14.3. The Kier molecular flexibility index (Phi) is 4.57. The third-order valence-corrected chi connectivity index (χ3v) is 4.36. The number of nitrogens with zero attached hydrogens (tertiary/aromatic N) is 2. The summed E-state index contributed by atoms with van der Waals surface area (Å²) in [5.41, 5.74) is 3.26. The molecule has 0 saturated heterocycles. The van der Waals surface area contributed by atoms with E-state index in [2.05, 4.69) is 10.3 Å². The molecule has 0 radical (unpaired) electrons. The van der Waals surface area contributed by atoms with Crippen LogP contribution in [0.2, 0.25) is 0 Å². The minimum atomic E-state index is -0.257. The molecule has 0 fully saturated rings. The highest BCUT2D eigenvalue weighted by molar-refractivity contribution is 7.13. The molecule has 0 saturated carbocycles. The summed E-state index contributed by atoms with van der Waals surface area (Å²) in [4.78, 5) is 29.5. The van der Waals surface area contributed by atoms with Crippen LogP contribution in [0, 0.1) is 13.8 Å². The van der Waals surface area contributed by atoms with Crippen molar-refractivity contribution < 1.29 is 4.79 Å². The van der Waals surface area contributed by atoms with Crippen LogP contribution < -0.4 is 10.9 Å². The van der Waals surface area contributed by atoms with Crippen molar-refractivity contribution in [2.75, 3.05) is 5.32 Å². The van der Waals surface area contributed by atoms with Crippen LogP contribution in [-0.4, -0.2) is 15.5 Å². The quantitative estimate of drug-likeness (QED) is 0.794. The van der Waals surface area contributed by atoms with E-state index < -0.39 is 0 Å². The number of rotatable bonds is 4. The minimum Gasteiger partial charge on any atom is -0.325 e. The summed E-state index contributed by atoms with van der Waals surface area (Å²) in [6, 6.07) is 11.1. The molecule has 0 aliphatic carbocycles. The first-order valence-electron chi connectivity index (χ1n) is 7.50. The Labute approximate surface area is 143 Å². The van der Waals surface area contributed by atoms with E-state index in [-0.39, 0.29) is 18.0 Å². The first kappa shape index (κ1) is 16.1. The standard InChI is InChI=1S/C18H17N3O2S/c1-12-6-13(2)8-14(7-12)20-17(22)10-21-11-19-15(9-18(21)23)16-4-3-5-24-16/h3-9,11H,10H2,1-2H3,(H,20,22). The van der Waals surface area contributed by atoms with Crippen LogP contribution in [0.3, 0.4) is 0 Å². The van der Waals surface area contributed by atoms with Crippen molar-refractivity contribution in [3.8, 4) is 10.6 Å². The van der Waals surface area contributed by atoms with Gasteiger partial charge in [-0.15, -0.1) is 11.3 Å². The van der Waals surface area contributed by atoms with Crippen LogP contribution in [0.25, 0.3) is 10.6 Å². The van der Waals surface area contributed by atoms with E-state index in [1.54, 1.807) is 0 Å². The maximum absolute atomic E-state index is 12.2. The largest absolute Gasteiger partial charge is 0.325 e. The number of carbonyl (C=O) groups excluding carboxylic acids is 1. The first-order chi connectivity index (χ1) is 11.5. The molecule has 24 heavy (non-hydrogen) atoms. The summed E-state index contributed by atoms with van der Waals surface area (Å²) in [5.74, 6) is -0.257. The number of carbonyl (C=O) groups is 1. The molecule has 1 amide bonds. The molecule has 1 aromatic carbocycles. The number of amides is 1. The minimum absolute atomic E-state index is 0.0659. The van der Waals surface area contributed by atoms with E-state index in [4.69, 9.17) is 0 Å². The zero-order valence-electron chi connectivity index (χ0n) is 13.4. The van der Waals surface area contributed by atoms with Crippen molar-refractivity contribution >= 4 is 22.9 Å². The summed E-state index contributed by atoms with van der Waals surface area (Å²) < 4.78 is 1.30. The van der Waals surface area contributed by atoms with Crippen LogP contribution >= 0.6 is 11.3 Å². The third-order valence-electron chi connectivity index (χ3n) is 3.47. The zero-order chi connectivity index (χ0) is 17.1. The van der Waals surface area contributed by atoms with Crippen molar-refractivity contribution in [3.63, 3.8) is 0 Å². The second kappa shape index (κ2) is 6.80. The number of nitrogens with one attached hydrogen (secondary N) is 1. The topological polar surface area (TPSA) is 64.0 Å². The van der Waals surface area contributed by atoms with Gasteiger partial charge in [-0.1, -0.05) is 12.1 Å². The summed E-state index contributed by atoms with van der Waals surface area (Å²) in [6.45, 7) is 3.88. The van der Waals surface area contributed by atoms with E-state index in [9.17, 15) is 9.59 Å². The molecule has 0 atom stereocenters. The van der Waals surface area contributed by atoms with Crippen LogP contribution in [-0.2, 0) is 11.3 Å². The van der Waals surface area contributed by atoms with Gasteiger partial charge in [0.1, 0.15) is 6.54 Å². The van der Waals surface area contributed by atoms with Crippen molar-refractivity contribution in [1.29, 1.82) is 0 Å². The maximum Gasteiger partial charge on any atom is 0.254 e. The molecule has 3 aromatic rings. The van der Waals surface area contributed by atoms with E-state index in [0.29, 0.717) is 5.69 Å². The molecule has 0 aliphatic rings. The van der Waals surface area contributed by atoms with Gasteiger partial charge in [0.05, 0.1) is 16.9 Å². The van der Waals surface area contributed by atoms with Gasteiger partial charge in [-0.2, -0.15) is 0 Å². The summed E-state index contributed by atoms with van der Waals surface area (Å²) in [7, 11) is 0. The second-order valence-corrected chi connectivity index (χ2v) is 6.59. The lowest BCUT2D eigenvalue weighted by Gasteiger charge is -2.09. The first-order valence-corrected chi connectivity index (χ1v) is 8.38. The molecular formula is C18H17N3O2S. The molecule has 2 heterocycles. The Bertz CT molecular complexity index is 909. The predicted octanol–water partition coefficient (Wildman–Crippen LogP) is 3.23. The number of aromatic nitrogens is 2. The monoisotopic (exact) mass is 339 g/mol. The van der Waals surface area contributed by atoms with Crippen molar-refractivity contribution in [3.05, 3.63) is 69.6 Å². The van der Waals surface area contributed by atoms with E-state index in [1.807, 2.05) is 49.6 Å². The second-order valence-electron chi connectivity index (χ2n) is 5.64. The Morgan fingerprint density at radius 1 is 1.21 bits per heavy atom. The summed E-state index contributed by atoms with van der Waals surface area (Å²) in [5, 5.41) is 4.75. The third kappa shape index (κ3) is 3.78. The number of hydrogen-bond acceptors (Lipinski definition) is 4. The molecule has 0 aliphatic heterocycles. The highest BCUT2D eigenvalue weighted by Gasteiger charge is 2.08. The Morgan fingerprint density at radius 3 is 2.58 bits per heavy atom. The van der Waals surface area contributed by atoms with Crippen molar-refractivity contribution in [2.45, 2.75) is 20.4 Å². The Hall–Kier alpha value is -2.73. The van der Waals surface area contributed by atoms with Crippen LogP contribution in [0.4, 0.5) is 5.69 Å². The lowest BCUT2D eigenvalue weighted by Crippen LogP contribution is -2.27. The Morgan fingerprint density at radius 2 is 1.96 bits per heavy atom. The average Bonchev–Trinajstić information content (AvgIpc) is 3.02. The number of benzene rings is 1. The fourth-order valence-corrected chi connectivity index (χ4v) is 3.20. The fraction of sp³-hybridized carbons (Fsp3) is 0.167. The predicted molar refractivity (Wildman–Crippen MR) is 96.4 cm³/mol. The van der Waals surface area contributed by atoms with Crippen molar-refractivity contribution in [2.24, 2.45) is 0 Å². The lowest BCUT2D eigenvalue weighted by atomic mass is 10.1. The normalized spacial score (nSPS) is 10.6. The van der Waals surface area contributed by atoms with Crippen LogP contribution in [0.5, 0.6) is 0 Å². The van der Waals surface area contributed by atoms with E-state index in [1.165, 1.54) is 28.3 Å². The molecule has 1 N–H and O–H groups in total.